The van der Waals surface area contributed by atoms with Crippen LogP contribution < -0.4 is 5.32 Å². The monoisotopic (exact) mass is 252 g/mol. The fraction of sp³-hybridized carbons (Fsp3) is 0.750. The molecule has 6 nitrogen and oxygen atoms in total. The molecular weight excluding hydrogens is 232 g/mol. The lowest BCUT2D eigenvalue weighted by Crippen LogP contribution is -2.43. The number of amides is 1. The van der Waals surface area contributed by atoms with E-state index in [2.05, 4.69) is 15.4 Å². The van der Waals surface area contributed by atoms with Crippen LogP contribution in [-0.2, 0) is 11.3 Å². The lowest BCUT2D eigenvalue weighted by molar-refractivity contribution is -0.123. The molecular formula is C12H20N4O2. The molecule has 1 aliphatic carbocycles. The summed E-state index contributed by atoms with van der Waals surface area (Å²) in [5.41, 5.74) is -0.728. The van der Waals surface area contributed by atoms with E-state index in [1.807, 2.05) is 0 Å². The quantitative estimate of drug-likeness (QED) is 0.764. The number of hydrogen-bond donors (Lipinski definition) is 2. The van der Waals surface area contributed by atoms with Gasteiger partial charge in [-0.05, 0) is 12.8 Å². The van der Waals surface area contributed by atoms with Crippen LogP contribution in [0, 0.1) is 0 Å². The van der Waals surface area contributed by atoms with Crippen molar-refractivity contribution in [2.75, 3.05) is 6.54 Å². The molecule has 2 N–H and O–H groups in total. The number of aromatic nitrogens is 3. The number of carbonyl (C=O) groups excluding carboxylic acids is 1. The molecule has 6 heteroatoms. The van der Waals surface area contributed by atoms with Crippen LogP contribution in [0.15, 0.2) is 12.7 Å². The van der Waals surface area contributed by atoms with E-state index >= 15 is 0 Å². The van der Waals surface area contributed by atoms with Crippen LogP contribution in [0.1, 0.15) is 38.5 Å². The molecule has 0 aliphatic heterocycles. The summed E-state index contributed by atoms with van der Waals surface area (Å²) >= 11 is 0. The van der Waals surface area contributed by atoms with Crippen LogP contribution in [0.3, 0.4) is 0 Å². The Bertz CT molecular complexity index is 369. The maximum atomic E-state index is 11.7. The fourth-order valence-corrected chi connectivity index (χ4v) is 2.34. The molecule has 1 fully saturated rings. The van der Waals surface area contributed by atoms with Crippen molar-refractivity contribution in [3.8, 4) is 0 Å². The zero-order valence-electron chi connectivity index (χ0n) is 10.5. The first-order valence-electron chi connectivity index (χ1n) is 6.49. The van der Waals surface area contributed by atoms with Crippen LogP contribution in [0.4, 0.5) is 0 Å². The van der Waals surface area contributed by atoms with Crippen LogP contribution in [-0.4, -0.2) is 37.9 Å². The normalized spacial score (nSPS) is 19.2. The summed E-state index contributed by atoms with van der Waals surface area (Å²) in [5, 5.41) is 17.0. The van der Waals surface area contributed by atoms with Crippen molar-refractivity contribution in [2.24, 2.45) is 0 Å². The SMILES string of the molecule is O=C(Cn1cncn1)NCC1(O)CCCCCC1. The van der Waals surface area contributed by atoms with Crippen molar-refractivity contribution in [1.29, 1.82) is 0 Å². The van der Waals surface area contributed by atoms with Crippen molar-refractivity contribution in [2.45, 2.75) is 50.7 Å². The van der Waals surface area contributed by atoms with Gasteiger partial charge in [-0.3, -0.25) is 4.79 Å². The molecule has 1 aromatic heterocycles. The van der Waals surface area contributed by atoms with E-state index in [-0.39, 0.29) is 12.5 Å². The molecule has 2 rings (SSSR count). The van der Waals surface area contributed by atoms with Gasteiger partial charge in [-0.2, -0.15) is 5.10 Å². The Labute approximate surface area is 106 Å². The van der Waals surface area contributed by atoms with Gasteiger partial charge in [-0.25, -0.2) is 9.67 Å². The van der Waals surface area contributed by atoms with Gasteiger partial charge in [0.15, 0.2) is 0 Å². The largest absolute Gasteiger partial charge is 0.388 e. The minimum atomic E-state index is -0.728. The van der Waals surface area contributed by atoms with E-state index in [1.165, 1.54) is 30.2 Å². The number of carbonyl (C=O) groups is 1. The second kappa shape index (κ2) is 5.95. The van der Waals surface area contributed by atoms with Gasteiger partial charge >= 0.3 is 0 Å². The van der Waals surface area contributed by atoms with Crippen LogP contribution >= 0.6 is 0 Å². The molecule has 0 aromatic carbocycles. The predicted octanol–water partition coefficient (Wildman–Crippen LogP) is 0.480. The molecule has 18 heavy (non-hydrogen) atoms. The van der Waals surface area contributed by atoms with Crippen molar-refractivity contribution < 1.29 is 9.90 Å². The predicted molar refractivity (Wildman–Crippen MR) is 65.7 cm³/mol. The van der Waals surface area contributed by atoms with Gasteiger partial charge in [0, 0.05) is 6.54 Å². The van der Waals surface area contributed by atoms with Gasteiger partial charge in [0.1, 0.15) is 19.2 Å². The summed E-state index contributed by atoms with van der Waals surface area (Å²) in [6.07, 6.45) is 8.87. The number of hydrogen-bond acceptors (Lipinski definition) is 4. The highest BCUT2D eigenvalue weighted by molar-refractivity contribution is 5.75. The molecule has 1 aromatic rings. The van der Waals surface area contributed by atoms with Gasteiger partial charge in [0.2, 0.25) is 5.91 Å². The van der Waals surface area contributed by atoms with Gasteiger partial charge < -0.3 is 10.4 Å². The average molecular weight is 252 g/mol. The van der Waals surface area contributed by atoms with Crippen molar-refractivity contribution in [3.05, 3.63) is 12.7 Å². The molecule has 1 heterocycles. The highest BCUT2D eigenvalue weighted by atomic mass is 16.3. The molecule has 0 radical (unpaired) electrons. The zero-order valence-corrected chi connectivity index (χ0v) is 10.5. The summed E-state index contributed by atoms with van der Waals surface area (Å²) in [6.45, 7) is 0.483. The molecule has 0 unspecified atom stereocenters. The van der Waals surface area contributed by atoms with Crippen molar-refractivity contribution in [1.82, 2.24) is 20.1 Å². The summed E-state index contributed by atoms with van der Waals surface area (Å²) in [6, 6.07) is 0. The van der Waals surface area contributed by atoms with Gasteiger partial charge in [0.05, 0.1) is 5.60 Å². The molecule has 0 saturated heterocycles. The molecule has 1 amide bonds. The summed E-state index contributed by atoms with van der Waals surface area (Å²) in [4.78, 5) is 15.4. The Morgan fingerprint density at radius 3 is 2.67 bits per heavy atom. The summed E-state index contributed by atoms with van der Waals surface area (Å²) < 4.78 is 1.46. The van der Waals surface area contributed by atoms with E-state index in [0.717, 1.165) is 25.7 Å². The van der Waals surface area contributed by atoms with Crippen molar-refractivity contribution >= 4 is 5.91 Å². The molecule has 1 saturated carbocycles. The highest BCUT2D eigenvalue weighted by Gasteiger charge is 2.28. The van der Waals surface area contributed by atoms with Gasteiger partial charge in [-0.1, -0.05) is 25.7 Å². The molecule has 0 spiro atoms. The number of rotatable bonds is 4. The number of aliphatic hydroxyl groups is 1. The highest BCUT2D eigenvalue weighted by Crippen LogP contribution is 2.26. The Morgan fingerprint density at radius 1 is 1.33 bits per heavy atom. The summed E-state index contributed by atoms with van der Waals surface area (Å²) in [5.74, 6) is -0.141. The minimum absolute atomic E-state index is 0.141. The Morgan fingerprint density at radius 2 is 2.06 bits per heavy atom. The first kappa shape index (κ1) is 13.0. The molecule has 1 aliphatic rings. The lowest BCUT2D eigenvalue weighted by Gasteiger charge is -2.26. The topological polar surface area (TPSA) is 80.0 Å². The van der Waals surface area contributed by atoms with E-state index < -0.39 is 5.60 Å². The third kappa shape index (κ3) is 3.80. The van der Waals surface area contributed by atoms with Crippen LogP contribution in [0.2, 0.25) is 0 Å². The first-order valence-corrected chi connectivity index (χ1v) is 6.49. The standard InChI is InChI=1S/C12H20N4O2/c17-11(7-16-10-13-9-15-16)14-8-12(18)5-3-1-2-4-6-12/h9-10,18H,1-8H2,(H,14,17). The number of nitrogens with one attached hydrogen (secondary N) is 1. The lowest BCUT2D eigenvalue weighted by atomic mass is 9.94. The third-order valence-electron chi connectivity index (χ3n) is 3.42. The number of nitrogens with zero attached hydrogens (tertiary/aromatic N) is 3. The van der Waals surface area contributed by atoms with Crippen LogP contribution in [0.25, 0.3) is 0 Å². The Hall–Kier alpha value is -1.43. The fourth-order valence-electron chi connectivity index (χ4n) is 2.34. The second-order valence-electron chi connectivity index (χ2n) is 5.01. The molecule has 0 atom stereocenters. The van der Waals surface area contributed by atoms with Crippen LogP contribution in [0.5, 0.6) is 0 Å². The maximum absolute atomic E-state index is 11.7. The van der Waals surface area contributed by atoms with E-state index in [1.54, 1.807) is 0 Å². The molecule has 0 bridgehead atoms. The summed E-state index contributed by atoms with van der Waals surface area (Å²) in [7, 11) is 0. The first-order chi connectivity index (χ1) is 8.68. The molecule has 100 valence electrons. The smallest absolute Gasteiger partial charge is 0.241 e. The Kier molecular flexibility index (Phi) is 4.30. The Balaban J connectivity index is 1.77. The average Bonchev–Trinajstić information content (AvgIpc) is 2.75. The van der Waals surface area contributed by atoms with E-state index in [9.17, 15) is 9.90 Å². The van der Waals surface area contributed by atoms with Gasteiger partial charge in [0.25, 0.3) is 0 Å². The minimum Gasteiger partial charge on any atom is -0.388 e. The zero-order chi connectivity index (χ0) is 12.8. The van der Waals surface area contributed by atoms with E-state index in [0.29, 0.717) is 6.54 Å². The third-order valence-corrected chi connectivity index (χ3v) is 3.42. The van der Waals surface area contributed by atoms with E-state index in [4.69, 9.17) is 0 Å². The van der Waals surface area contributed by atoms with Crippen molar-refractivity contribution in [3.63, 3.8) is 0 Å². The maximum Gasteiger partial charge on any atom is 0.241 e. The van der Waals surface area contributed by atoms with Gasteiger partial charge in [-0.15, -0.1) is 0 Å². The second-order valence-corrected chi connectivity index (χ2v) is 5.01.